The lowest BCUT2D eigenvalue weighted by Crippen LogP contribution is -2.27. The summed E-state index contributed by atoms with van der Waals surface area (Å²) >= 11 is 0. The fourth-order valence-corrected chi connectivity index (χ4v) is 3.38. The van der Waals surface area contributed by atoms with Crippen molar-refractivity contribution in [3.05, 3.63) is 53.1 Å². The topological polar surface area (TPSA) is 47.9 Å². The summed E-state index contributed by atoms with van der Waals surface area (Å²) < 4.78 is 18.1. The molecule has 0 unspecified atom stereocenters. The highest BCUT2D eigenvalue weighted by molar-refractivity contribution is 5.90. The van der Waals surface area contributed by atoms with Crippen molar-refractivity contribution in [3.8, 4) is 23.0 Å². The van der Waals surface area contributed by atoms with Gasteiger partial charge in [-0.3, -0.25) is 0 Å². The van der Waals surface area contributed by atoms with E-state index >= 15 is 0 Å². The van der Waals surface area contributed by atoms with Gasteiger partial charge in [0.1, 0.15) is 35.2 Å². The Morgan fingerprint density at radius 2 is 1.96 bits per heavy atom. The molecule has 2 aliphatic heterocycles. The number of fused-ring (bicyclic) bond motifs is 3. The molecule has 0 fully saturated rings. The second kappa shape index (κ2) is 6.38. The maximum absolute atomic E-state index is 9.83. The summed E-state index contributed by atoms with van der Waals surface area (Å²) in [5.74, 6) is 2.53. The molecule has 0 atom stereocenters. The van der Waals surface area contributed by atoms with Gasteiger partial charge in [0.25, 0.3) is 0 Å². The van der Waals surface area contributed by atoms with Crippen molar-refractivity contribution in [3.63, 3.8) is 0 Å². The number of phenols is 1. The molecule has 4 nitrogen and oxygen atoms in total. The van der Waals surface area contributed by atoms with E-state index in [9.17, 15) is 5.11 Å². The van der Waals surface area contributed by atoms with Crippen LogP contribution in [-0.2, 0) is 0 Å². The Bertz CT molecular complexity index is 951. The van der Waals surface area contributed by atoms with E-state index in [4.69, 9.17) is 14.2 Å². The number of phenolic OH excluding ortho intramolecular Hbond substituents is 1. The maximum atomic E-state index is 9.83. The minimum atomic E-state index is -0.313. The van der Waals surface area contributed by atoms with Crippen LogP contribution in [0, 0.1) is 0 Å². The molecule has 0 bridgehead atoms. The van der Waals surface area contributed by atoms with Crippen LogP contribution in [0.15, 0.2) is 36.4 Å². The molecule has 0 radical (unpaired) electrons. The van der Waals surface area contributed by atoms with E-state index in [1.54, 1.807) is 12.1 Å². The Kier molecular flexibility index (Phi) is 4.14. The third kappa shape index (κ3) is 3.39. The summed E-state index contributed by atoms with van der Waals surface area (Å²) in [5, 5.41) is 9.83. The van der Waals surface area contributed by atoms with Crippen LogP contribution in [0.5, 0.6) is 23.0 Å². The molecule has 27 heavy (non-hydrogen) atoms. The third-order valence-electron chi connectivity index (χ3n) is 4.59. The molecule has 1 N–H and O–H groups in total. The van der Waals surface area contributed by atoms with E-state index in [0.717, 1.165) is 33.8 Å². The van der Waals surface area contributed by atoms with Crippen molar-refractivity contribution >= 4 is 17.7 Å². The van der Waals surface area contributed by atoms with Crippen LogP contribution in [0.1, 0.15) is 44.4 Å². The lowest BCUT2D eigenvalue weighted by molar-refractivity contribution is 0.158. The Morgan fingerprint density at radius 3 is 2.74 bits per heavy atom. The van der Waals surface area contributed by atoms with E-state index in [1.165, 1.54) is 0 Å². The van der Waals surface area contributed by atoms with Gasteiger partial charge in [-0.05, 0) is 70.2 Å². The molecular weight excluding hydrogens is 340 g/mol. The fraction of sp³-hybridized carbons (Fsp3) is 0.304. The summed E-state index contributed by atoms with van der Waals surface area (Å²) in [4.78, 5) is 0. The largest absolute Gasteiger partial charge is 0.508 e. The molecule has 4 rings (SSSR count). The van der Waals surface area contributed by atoms with Gasteiger partial charge in [-0.1, -0.05) is 0 Å². The van der Waals surface area contributed by atoms with E-state index in [-0.39, 0.29) is 17.5 Å². The van der Waals surface area contributed by atoms with Gasteiger partial charge in [-0.2, -0.15) is 0 Å². The summed E-state index contributed by atoms with van der Waals surface area (Å²) in [6.45, 7) is 8.43. The van der Waals surface area contributed by atoms with Crippen molar-refractivity contribution < 1.29 is 19.3 Å². The Hall–Kier alpha value is -2.88. The van der Waals surface area contributed by atoms with Gasteiger partial charge in [-0.15, -0.1) is 0 Å². The van der Waals surface area contributed by atoms with Crippen LogP contribution in [0.2, 0.25) is 0 Å². The van der Waals surface area contributed by atoms with Gasteiger partial charge in [0.2, 0.25) is 0 Å². The molecule has 0 aliphatic carbocycles. The van der Waals surface area contributed by atoms with Crippen LogP contribution in [0.25, 0.3) is 17.7 Å². The van der Waals surface area contributed by atoms with E-state index in [1.807, 2.05) is 52.0 Å². The second-order valence-electron chi connectivity index (χ2n) is 7.74. The average molecular weight is 364 g/mol. The molecule has 4 heteroatoms. The summed E-state index contributed by atoms with van der Waals surface area (Å²) in [6.07, 6.45) is 6.25. The Labute approximate surface area is 159 Å². The van der Waals surface area contributed by atoms with Crippen LogP contribution < -0.4 is 14.2 Å². The van der Waals surface area contributed by atoms with Gasteiger partial charge in [-0.25, -0.2) is 0 Å². The highest BCUT2D eigenvalue weighted by Gasteiger charge is 2.27. The predicted molar refractivity (Wildman–Crippen MR) is 107 cm³/mol. The van der Waals surface area contributed by atoms with Gasteiger partial charge in [0.15, 0.2) is 0 Å². The molecule has 0 aromatic heterocycles. The third-order valence-corrected chi connectivity index (χ3v) is 4.59. The summed E-state index contributed by atoms with van der Waals surface area (Å²) in [5.41, 5.74) is 3.61. The first-order chi connectivity index (χ1) is 12.8. The Morgan fingerprint density at radius 1 is 1.15 bits per heavy atom. The first kappa shape index (κ1) is 17.5. The number of rotatable bonds is 3. The molecule has 140 valence electrons. The zero-order chi connectivity index (χ0) is 19.2. The number of hydrogen-bond acceptors (Lipinski definition) is 4. The quantitative estimate of drug-likeness (QED) is 0.803. The van der Waals surface area contributed by atoms with Crippen molar-refractivity contribution in [2.75, 3.05) is 6.61 Å². The molecule has 0 saturated carbocycles. The van der Waals surface area contributed by atoms with E-state index < -0.39 is 0 Å². The molecular formula is C23H24O4. The monoisotopic (exact) mass is 364 g/mol. The van der Waals surface area contributed by atoms with Crippen LogP contribution in [0.3, 0.4) is 0 Å². The fourth-order valence-electron chi connectivity index (χ4n) is 3.38. The van der Waals surface area contributed by atoms with Crippen molar-refractivity contribution in [1.29, 1.82) is 0 Å². The highest BCUT2D eigenvalue weighted by atomic mass is 16.5. The first-order valence-corrected chi connectivity index (χ1v) is 9.21. The van der Waals surface area contributed by atoms with Crippen molar-refractivity contribution in [1.82, 2.24) is 0 Å². The standard InChI is InChI=1S/C23H24O4/c1-14(2)26-21-12-17(24)6-7-18(21)16-11-15-5-8-20-19(22(15)25-13-16)9-10-23(3,4)27-20/h5-12,14,24H,13H2,1-4H3. The zero-order valence-corrected chi connectivity index (χ0v) is 16.1. The number of aromatic hydroxyl groups is 1. The Balaban J connectivity index is 1.75. The van der Waals surface area contributed by atoms with Crippen molar-refractivity contribution in [2.45, 2.75) is 39.4 Å². The van der Waals surface area contributed by atoms with E-state index in [0.29, 0.717) is 12.4 Å². The van der Waals surface area contributed by atoms with Crippen LogP contribution >= 0.6 is 0 Å². The molecule has 2 aromatic carbocycles. The first-order valence-electron chi connectivity index (χ1n) is 9.21. The number of benzene rings is 2. The summed E-state index contributed by atoms with van der Waals surface area (Å²) in [7, 11) is 0. The normalized spacial score (nSPS) is 16.7. The average Bonchev–Trinajstić information content (AvgIpc) is 2.59. The molecule has 2 heterocycles. The van der Waals surface area contributed by atoms with Crippen molar-refractivity contribution in [2.24, 2.45) is 0 Å². The van der Waals surface area contributed by atoms with E-state index in [2.05, 4.69) is 12.2 Å². The van der Waals surface area contributed by atoms with Crippen LogP contribution in [0.4, 0.5) is 0 Å². The molecule has 0 spiro atoms. The second-order valence-corrected chi connectivity index (χ2v) is 7.74. The lowest BCUT2D eigenvalue weighted by atomic mass is 9.95. The smallest absolute Gasteiger partial charge is 0.137 e. The highest BCUT2D eigenvalue weighted by Crippen LogP contribution is 2.43. The molecule has 0 amide bonds. The molecule has 2 aromatic rings. The molecule has 0 saturated heterocycles. The lowest BCUT2D eigenvalue weighted by Gasteiger charge is -2.30. The SMILES string of the molecule is CC(C)Oc1cc(O)ccc1C1=Cc2ccc3c(c2OC1)C=CC(C)(C)O3. The van der Waals surface area contributed by atoms with Gasteiger partial charge in [0.05, 0.1) is 11.7 Å². The maximum Gasteiger partial charge on any atom is 0.137 e. The minimum absolute atomic E-state index is 0.0144. The molecule has 2 aliphatic rings. The number of ether oxygens (including phenoxy) is 3. The summed E-state index contributed by atoms with van der Waals surface area (Å²) in [6, 6.07) is 9.20. The van der Waals surface area contributed by atoms with Gasteiger partial charge in [0, 0.05) is 22.8 Å². The van der Waals surface area contributed by atoms with Crippen LogP contribution in [-0.4, -0.2) is 23.4 Å². The zero-order valence-electron chi connectivity index (χ0n) is 16.1. The number of hydrogen-bond donors (Lipinski definition) is 1. The van der Waals surface area contributed by atoms with Gasteiger partial charge < -0.3 is 19.3 Å². The van der Waals surface area contributed by atoms with Gasteiger partial charge >= 0.3 is 0 Å². The predicted octanol–water partition coefficient (Wildman–Crippen LogP) is 5.30. The minimum Gasteiger partial charge on any atom is -0.508 e.